The number of anilines is 1. The Kier molecular flexibility index (Phi) is 4.13. The SMILES string of the molecule is O=C1Cc2ncc(-c3cnc4[nH]ccc4c3)cc2N1CCC1CCOCC1. The minimum absolute atomic E-state index is 0.154. The maximum Gasteiger partial charge on any atom is 0.233 e. The summed E-state index contributed by atoms with van der Waals surface area (Å²) in [5, 5.41) is 1.07. The number of pyridine rings is 2. The number of carbonyl (C=O) groups is 1. The van der Waals surface area contributed by atoms with E-state index >= 15 is 0 Å². The summed E-state index contributed by atoms with van der Waals surface area (Å²) >= 11 is 0. The minimum Gasteiger partial charge on any atom is -0.381 e. The molecule has 1 saturated heterocycles. The van der Waals surface area contributed by atoms with Crippen LogP contribution in [0.4, 0.5) is 5.69 Å². The number of nitrogens with one attached hydrogen (secondary N) is 1. The normalized spacial score (nSPS) is 17.6. The number of rotatable bonds is 4. The van der Waals surface area contributed by atoms with E-state index in [9.17, 15) is 4.79 Å². The van der Waals surface area contributed by atoms with Gasteiger partial charge >= 0.3 is 0 Å². The van der Waals surface area contributed by atoms with Crippen molar-refractivity contribution in [3.63, 3.8) is 0 Å². The van der Waals surface area contributed by atoms with E-state index in [1.54, 1.807) is 0 Å². The molecular weight excluding hydrogens is 340 g/mol. The van der Waals surface area contributed by atoms with Crippen molar-refractivity contribution in [3.05, 3.63) is 42.5 Å². The quantitative estimate of drug-likeness (QED) is 0.773. The summed E-state index contributed by atoms with van der Waals surface area (Å²) in [5.41, 5.74) is 4.72. The third-order valence-corrected chi connectivity index (χ3v) is 5.69. The van der Waals surface area contributed by atoms with Gasteiger partial charge in [-0.15, -0.1) is 0 Å². The third-order valence-electron chi connectivity index (χ3n) is 5.69. The highest BCUT2D eigenvalue weighted by atomic mass is 16.5. The molecule has 27 heavy (non-hydrogen) atoms. The zero-order valence-corrected chi connectivity index (χ0v) is 15.1. The number of ether oxygens (including phenoxy) is 1. The predicted molar refractivity (Wildman–Crippen MR) is 104 cm³/mol. The molecule has 6 nitrogen and oxygen atoms in total. The first kappa shape index (κ1) is 16.4. The van der Waals surface area contributed by atoms with Gasteiger partial charge in [0.15, 0.2) is 0 Å². The number of aromatic nitrogens is 3. The van der Waals surface area contributed by atoms with Crippen LogP contribution in [0.3, 0.4) is 0 Å². The highest BCUT2D eigenvalue weighted by Crippen LogP contribution is 2.33. The summed E-state index contributed by atoms with van der Waals surface area (Å²) in [7, 11) is 0. The molecule has 2 aliphatic heterocycles. The lowest BCUT2D eigenvalue weighted by Gasteiger charge is -2.25. The maximum atomic E-state index is 12.5. The molecule has 1 N–H and O–H groups in total. The summed E-state index contributed by atoms with van der Waals surface area (Å²) in [6, 6.07) is 6.20. The Labute approximate surface area is 157 Å². The van der Waals surface area contributed by atoms with Gasteiger partial charge in [0.1, 0.15) is 5.65 Å². The number of fused-ring (bicyclic) bond motifs is 2. The van der Waals surface area contributed by atoms with Crippen LogP contribution < -0.4 is 4.90 Å². The lowest BCUT2D eigenvalue weighted by atomic mass is 9.96. The molecule has 3 aromatic heterocycles. The molecule has 0 radical (unpaired) electrons. The number of aromatic amines is 1. The van der Waals surface area contributed by atoms with E-state index < -0.39 is 0 Å². The Morgan fingerprint density at radius 1 is 1.15 bits per heavy atom. The Morgan fingerprint density at radius 2 is 1.96 bits per heavy atom. The minimum atomic E-state index is 0.154. The van der Waals surface area contributed by atoms with Gasteiger partial charge in [-0.1, -0.05) is 0 Å². The second kappa shape index (κ2) is 6.78. The van der Waals surface area contributed by atoms with Gasteiger partial charge in [-0.05, 0) is 43.4 Å². The van der Waals surface area contributed by atoms with Gasteiger partial charge in [-0.25, -0.2) is 4.98 Å². The Morgan fingerprint density at radius 3 is 2.85 bits per heavy atom. The first-order valence-corrected chi connectivity index (χ1v) is 9.58. The molecule has 1 amide bonds. The Bertz CT molecular complexity index is 991. The first-order chi connectivity index (χ1) is 13.3. The molecule has 5 rings (SSSR count). The second-order valence-corrected chi connectivity index (χ2v) is 7.40. The van der Waals surface area contributed by atoms with Crippen molar-refractivity contribution in [1.82, 2.24) is 15.0 Å². The monoisotopic (exact) mass is 362 g/mol. The van der Waals surface area contributed by atoms with Crippen molar-refractivity contribution in [2.45, 2.75) is 25.7 Å². The molecule has 0 saturated carbocycles. The van der Waals surface area contributed by atoms with Crippen molar-refractivity contribution in [1.29, 1.82) is 0 Å². The van der Waals surface area contributed by atoms with Crippen LogP contribution in [0.25, 0.3) is 22.2 Å². The number of hydrogen-bond donors (Lipinski definition) is 1. The molecule has 0 aromatic carbocycles. The predicted octanol–water partition coefficient (Wildman–Crippen LogP) is 3.33. The highest BCUT2D eigenvalue weighted by molar-refractivity contribution is 6.01. The number of amides is 1. The fourth-order valence-corrected chi connectivity index (χ4v) is 4.07. The Balaban J connectivity index is 1.41. The lowest BCUT2D eigenvalue weighted by molar-refractivity contribution is -0.117. The van der Waals surface area contributed by atoms with E-state index in [0.717, 1.165) is 72.6 Å². The zero-order chi connectivity index (χ0) is 18.2. The van der Waals surface area contributed by atoms with E-state index in [2.05, 4.69) is 27.1 Å². The van der Waals surface area contributed by atoms with Gasteiger partial charge in [0, 0.05) is 54.9 Å². The van der Waals surface area contributed by atoms with Crippen LogP contribution in [0.15, 0.2) is 36.8 Å². The first-order valence-electron chi connectivity index (χ1n) is 9.58. The van der Waals surface area contributed by atoms with Crippen LogP contribution in [0.5, 0.6) is 0 Å². The molecule has 2 aliphatic rings. The van der Waals surface area contributed by atoms with E-state index in [1.165, 1.54) is 0 Å². The molecule has 0 unspecified atom stereocenters. The highest BCUT2D eigenvalue weighted by Gasteiger charge is 2.29. The van der Waals surface area contributed by atoms with Crippen molar-refractivity contribution >= 4 is 22.6 Å². The van der Waals surface area contributed by atoms with Crippen molar-refractivity contribution in [3.8, 4) is 11.1 Å². The van der Waals surface area contributed by atoms with Gasteiger partial charge < -0.3 is 14.6 Å². The summed E-state index contributed by atoms with van der Waals surface area (Å²) in [6.07, 6.45) is 9.20. The third kappa shape index (κ3) is 3.10. The molecule has 0 atom stereocenters. The lowest BCUT2D eigenvalue weighted by Crippen LogP contribution is -2.30. The van der Waals surface area contributed by atoms with Crippen LogP contribution in [0.1, 0.15) is 25.0 Å². The largest absolute Gasteiger partial charge is 0.381 e. The van der Waals surface area contributed by atoms with Gasteiger partial charge in [0.25, 0.3) is 0 Å². The van der Waals surface area contributed by atoms with E-state index in [1.807, 2.05) is 29.6 Å². The zero-order valence-electron chi connectivity index (χ0n) is 15.1. The second-order valence-electron chi connectivity index (χ2n) is 7.40. The Hall–Kier alpha value is -2.73. The van der Waals surface area contributed by atoms with Crippen LogP contribution in [-0.2, 0) is 16.0 Å². The molecule has 0 spiro atoms. The van der Waals surface area contributed by atoms with Gasteiger partial charge in [0.05, 0.1) is 17.8 Å². The number of nitrogens with zero attached hydrogens (tertiary/aromatic N) is 3. The fourth-order valence-electron chi connectivity index (χ4n) is 4.07. The van der Waals surface area contributed by atoms with Gasteiger partial charge in [-0.2, -0.15) is 0 Å². The molecule has 0 aliphatic carbocycles. The van der Waals surface area contributed by atoms with E-state index in [4.69, 9.17) is 4.74 Å². The molecule has 1 fully saturated rings. The fraction of sp³-hybridized carbons (Fsp3) is 0.381. The van der Waals surface area contributed by atoms with Gasteiger partial charge in [0.2, 0.25) is 5.91 Å². The molecule has 138 valence electrons. The summed E-state index contributed by atoms with van der Waals surface area (Å²) in [4.78, 5) is 26.6. The molecule has 5 heterocycles. The van der Waals surface area contributed by atoms with Gasteiger partial charge in [-0.3, -0.25) is 9.78 Å². The smallest absolute Gasteiger partial charge is 0.233 e. The van der Waals surface area contributed by atoms with Crippen molar-refractivity contribution in [2.75, 3.05) is 24.7 Å². The topological polar surface area (TPSA) is 71.1 Å². The van der Waals surface area contributed by atoms with E-state index in [0.29, 0.717) is 12.3 Å². The average molecular weight is 362 g/mol. The maximum absolute atomic E-state index is 12.5. The molecule has 3 aromatic rings. The number of carbonyl (C=O) groups excluding carboxylic acids is 1. The van der Waals surface area contributed by atoms with Crippen LogP contribution >= 0.6 is 0 Å². The van der Waals surface area contributed by atoms with Crippen molar-refractivity contribution in [2.24, 2.45) is 5.92 Å². The molecular formula is C21H22N4O2. The van der Waals surface area contributed by atoms with Crippen LogP contribution in [-0.4, -0.2) is 40.6 Å². The average Bonchev–Trinajstić information content (AvgIpc) is 3.29. The summed E-state index contributed by atoms with van der Waals surface area (Å²) in [5.74, 6) is 0.799. The summed E-state index contributed by atoms with van der Waals surface area (Å²) < 4.78 is 5.44. The number of hydrogen-bond acceptors (Lipinski definition) is 4. The molecule has 0 bridgehead atoms. The van der Waals surface area contributed by atoms with Crippen LogP contribution in [0, 0.1) is 5.92 Å². The molecule has 6 heteroatoms. The van der Waals surface area contributed by atoms with E-state index in [-0.39, 0.29) is 5.91 Å². The van der Waals surface area contributed by atoms with Crippen LogP contribution in [0.2, 0.25) is 0 Å². The standard InChI is InChI=1S/C21H22N4O2/c26-20-11-18-19(25(20)6-2-14-3-7-27-8-4-14)10-17(12-23-18)16-9-15-1-5-22-21(15)24-13-16/h1,5,9-10,12-14H,2-4,6-8,11H2,(H,22,24). The van der Waals surface area contributed by atoms with Crippen molar-refractivity contribution < 1.29 is 9.53 Å². The summed E-state index contributed by atoms with van der Waals surface area (Å²) in [6.45, 7) is 2.45. The number of H-pyrrole nitrogens is 1.